The molecular weight excluding hydrogens is 188 g/mol. The van der Waals surface area contributed by atoms with Crippen molar-refractivity contribution in [3.05, 3.63) is 35.9 Å². The van der Waals surface area contributed by atoms with E-state index in [0.717, 1.165) is 13.0 Å². The van der Waals surface area contributed by atoms with Gasteiger partial charge < -0.3 is 10.6 Å². The fourth-order valence-electron chi connectivity index (χ4n) is 1.93. The molecule has 0 spiro atoms. The summed E-state index contributed by atoms with van der Waals surface area (Å²) in [5, 5.41) is 0. The zero-order valence-corrected chi connectivity index (χ0v) is 8.73. The number of rotatable bonds is 3. The molecule has 3 nitrogen and oxygen atoms in total. The second-order valence-corrected chi connectivity index (χ2v) is 4.04. The molecule has 1 fully saturated rings. The van der Waals surface area contributed by atoms with E-state index in [1.807, 2.05) is 23.1 Å². The summed E-state index contributed by atoms with van der Waals surface area (Å²) in [6.45, 7) is 1.50. The maximum atomic E-state index is 11.5. The number of benzene rings is 1. The molecule has 3 heteroatoms. The number of nitrogens with zero attached hydrogens (tertiary/aromatic N) is 1. The highest BCUT2D eigenvalue weighted by Crippen LogP contribution is 2.10. The van der Waals surface area contributed by atoms with Gasteiger partial charge in [0.15, 0.2) is 0 Å². The summed E-state index contributed by atoms with van der Waals surface area (Å²) in [5.74, 6) is 0.193. The zero-order chi connectivity index (χ0) is 10.7. The van der Waals surface area contributed by atoms with Crippen LogP contribution in [0.4, 0.5) is 0 Å². The first-order valence-electron chi connectivity index (χ1n) is 5.33. The lowest BCUT2D eigenvalue weighted by molar-refractivity contribution is -0.127. The topological polar surface area (TPSA) is 46.3 Å². The number of amides is 1. The lowest BCUT2D eigenvalue weighted by atomic mass is 10.1. The molecule has 1 atom stereocenters. The van der Waals surface area contributed by atoms with Gasteiger partial charge in [-0.25, -0.2) is 0 Å². The van der Waals surface area contributed by atoms with Crippen LogP contribution in [-0.2, 0) is 11.2 Å². The average Bonchev–Trinajstić information content (AvgIpc) is 2.56. The van der Waals surface area contributed by atoms with Crippen LogP contribution in [0.3, 0.4) is 0 Å². The Morgan fingerprint density at radius 1 is 1.33 bits per heavy atom. The van der Waals surface area contributed by atoms with Gasteiger partial charge >= 0.3 is 0 Å². The quantitative estimate of drug-likeness (QED) is 0.791. The summed E-state index contributed by atoms with van der Waals surface area (Å²) in [7, 11) is 0. The van der Waals surface area contributed by atoms with Crippen LogP contribution in [-0.4, -0.2) is 29.9 Å². The molecule has 2 N–H and O–H groups in total. The van der Waals surface area contributed by atoms with Crippen LogP contribution in [0.1, 0.15) is 12.0 Å². The third-order valence-electron chi connectivity index (χ3n) is 2.76. The van der Waals surface area contributed by atoms with Gasteiger partial charge in [0.05, 0.1) is 0 Å². The minimum atomic E-state index is 0.0354. The van der Waals surface area contributed by atoms with Gasteiger partial charge in [0, 0.05) is 25.6 Å². The van der Waals surface area contributed by atoms with Crippen LogP contribution >= 0.6 is 0 Å². The van der Waals surface area contributed by atoms with Crippen molar-refractivity contribution in [3.63, 3.8) is 0 Å². The van der Waals surface area contributed by atoms with Crippen molar-refractivity contribution >= 4 is 5.91 Å². The molecule has 1 aliphatic heterocycles. The van der Waals surface area contributed by atoms with Gasteiger partial charge in [-0.2, -0.15) is 0 Å². The highest BCUT2D eigenvalue weighted by Gasteiger charge is 2.25. The van der Waals surface area contributed by atoms with E-state index in [-0.39, 0.29) is 11.9 Å². The van der Waals surface area contributed by atoms with Crippen molar-refractivity contribution in [1.82, 2.24) is 4.90 Å². The van der Waals surface area contributed by atoms with Crippen molar-refractivity contribution in [2.45, 2.75) is 18.9 Å². The highest BCUT2D eigenvalue weighted by molar-refractivity contribution is 5.79. The standard InChI is InChI=1S/C12H16N2O/c13-11-8-12(15)14(9-11)7-6-10-4-2-1-3-5-10/h1-5,11H,6-9,13H2/t11-/m0/s1. The first kappa shape index (κ1) is 10.2. The monoisotopic (exact) mass is 204 g/mol. The molecule has 1 amide bonds. The normalized spacial score (nSPS) is 21.0. The molecular formula is C12H16N2O. The molecule has 1 aliphatic rings. The predicted octanol–water partition coefficient (Wildman–Crippen LogP) is 0.789. The van der Waals surface area contributed by atoms with Crippen LogP contribution in [0.5, 0.6) is 0 Å². The van der Waals surface area contributed by atoms with E-state index < -0.39 is 0 Å². The number of carbonyl (C=O) groups is 1. The molecule has 80 valence electrons. The Bertz CT molecular complexity index is 337. The summed E-state index contributed by atoms with van der Waals surface area (Å²) >= 11 is 0. The van der Waals surface area contributed by atoms with Gasteiger partial charge in [-0.1, -0.05) is 30.3 Å². The fraction of sp³-hybridized carbons (Fsp3) is 0.417. The Hall–Kier alpha value is -1.35. The van der Waals surface area contributed by atoms with Gasteiger partial charge in [0.25, 0.3) is 0 Å². The molecule has 15 heavy (non-hydrogen) atoms. The largest absolute Gasteiger partial charge is 0.341 e. The maximum absolute atomic E-state index is 11.5. The third kappa shape index (κ3) is 2.57. The van der Waals surface area contributed by atoms with Crippen LogP contribution in [0.2, 0.25) is 0 Å². The number of carbonyl (C=O) groups excluding carboxylic acids is 1. The summed E-state index contributed by atoms with van der Waals surface area (Å²) in [5.41, 5.74) is 6.99. The Labute approximate surface area is 89.9 Å². The Morgan fingerprint density at radius 2 is 2.07 bits per heavy atom. The van der Waals surface area contributed by atoms with Crippen molar-refractivity contribution in [2.24, 2.45) is 5.73 Å². The molecule has 1 aromatic carbocycles. The highest BCUT2D eigenvalue weighted by atomic mass is 16.2. The Kier molecular flexibility index (Phi) is 3.02. The average molecular weight is 204 g/mol. The van der Waals surface area contributed by atoms with Crippen molar-refractivity contribution in [1.29, 1.82) is 0 Å². The second-order valence-electron chi connectivity index (χ2n) is 4.04. The number of nitrogens with two attached hydrogens (primary N) is 1. The third-order valence-corrected chi connectivity index (χ3v) is 2.76. The molecule has 0 unspecified atom stereocenters. The lowest BCUT2D eigenvalue weighted by Crippen LogP contribution is -2.30. The van der Waals surface area contributed by atoms with Gasteiger partial charge in [-0.3, -0.25) is 4.79 Å². The molecule has 0 aliphatic carbocycles. The minimum Gasteiger partial charge on any atom is -0.341 e. The van der Waals surface area contributed by atoms with Crippen LogP contribution in [0, 0.1) is 0 Å². The molecule has 2 rings (SSSR count). The first-order valence-corrected chi connectivity index (χ1v) is 5.33. The predicted molar refractivity (Wildman–Crippen MR) is 59.3 cm³/mol. The second kappa shape index (κ2) is 4.45. The lowest BCUT2D eigenvalue weighted by Gasteiger charge is -2.15. The van der Waals surface area contributed by atoms with E-state index in [2.05, 4.69) is 12.1 Å². The Morgan fingerprint density at radius 3 is 2.67 bits per heavy atom. The summed E-state index contributed by atoms with van der Waals surface area (Å²) in [6, 6.07) is 10.2. The smallest absolute Gasteiger partial charge is 0.224 e. The van der Waals surface area contributed by atoms with Crippen molar-refractivity contribution in [3.8, 4) is 0 Å². The maximum Gasteiger partial charge on any atom is 0.224 e. The summed E-state index contributed by atoms with van der Waals surface area (Å²) in [6.07, 6.45) is 1.42. The molecule has 0 aromatic heterocycles. The van der Waals surface area contributed by atoms with Crippen molar-refractivity contribution < 1.29 is 4.79 Å². The molecule has 1 aromatic rings. The molecule has 1 heterocycles. The summed E-state index contributed by atoms with van der Waals surface area (Å²) < 4.78 is 0. The molecule has 0 bridgehead atoms. The van der Waals surface area contributed by atoms with Gasteiger partial charge in [0.2, 0.25) is 5.91 Å². The van der Waals surface area contributed by atoms with Gasteiger partial charge in [-0.15, -0.1) is 0 Å². The number of hydrogen-bond acceptors (Lipinski definition) is 2. The van der Waals surface area contributed by atoms with E-state index >= 15 is 0 Å². The first-order chi connectivity index (χ1) is 7.25. The van der Waals surface area contributed by atoms with E-state index in [1.165, 1.54) is 5.56 Å². The van der Waals surface area contributed by atoms with Crippen molar-refractivity contribution in [2.75, 3.05) is 13.1 Å². The summed E-state index contributed by atoms with van der Waals surface area (Å²) in [4.78, 5) is 13.3. The number of hydrogen-bond donors (Lipinski definition) is 1. The molecule has 0 radical (unpaired) electrons. The molecule has 0 saturated carbocycles. The van der Waals surface area contributed by atoms with Crippen LogP contribution in [0.25, 0.3) is 0 Å². The fourth-order valence-corrected chi connectivity index (χ4v) is 1.93. The van der Waals surface area contributed by atoms with E-state index in [1.54, 1.807) is 0 Å². The van der Waals surface area contributed by atoms with E-state index in [4.69, 9.17) is 5.73 Å². The van der Waals surface area contributed by atoms with Crippen LogP contribution < -0.4 is 5.73 Å². The van der Waals surface area contributed by atoms with Gasteiger partial charge in [-0.05, 0) is 12.0 Å². The van der Waals surface area contributed by atoms with Gasteiger partial charge in [0.1, 0.15) is 0 Å². The van der Waals surface area contributed by atoms with E-state index in [0.29, 0.717) is 13.0 Å². The van der Waals surface area contributed by atoms with Crippen LogP contribution in [0.15, 0.2) is 30.3 Å². The van der Waals surface area contributed by atoms with E-state index in [9.17, 15) is 4.79 Å². The Balaban J connectivity index is 1.86. The molecule has 1 saturated heterocycles. The zero-order valence-electron chi connectivity index (χ0n) is 8.73. The minimum absolute atomic E-state index is 0.0354. The number of likely N-dealkylation sites (tertiary alicyclic amines) is 1. The SMILES string of the molecule is N[C@H]1CC(=O)N(CCc2ccccc2)C1.